The zero-order chi connectivity index (χ0) is 16.2. The molecule has 1 atom stereocenters. The van der Waals surface area contributed by atoms with Crippen molar-refractivity contribution >= 4 is 27.3 Å². The third-order valence-electron chi connectivity index (χ3n) is 3.49. The molecular weight excluding hydrogens is 326 g/mol. The average Bonchev–Trinajstić information content (AvgIpc) is 3.29. The number of sulfone groups is 1. The van der Waals surface area contributed by atoms with Crippen molar-refractivity contribution in [2.45, 2.75) is 30.8 Å². The van der Waals surface area contributed by atoms with Crippen LogP contribution in [0.1, 0.15) is 19.8 Å². The summed E-state index contributed by atoms with van der Waals surface area (Å²) in [6.45, 7) is 2.32. The Morgan fingerprint density at radius 2 is 2.00 bits per heavy atom. The fourth-order valence-electron chi connectivity index (χ4n) is 1.85. The Morgan fingerprint density at radius 3 is 2.59 bits per heavy atom. The lowest BCUT2D eigenvalue weighted by Gasteiger charge is -2.13. The summed E-state index contributed by atoms with van der Waals surface area (Å²) in [4.78, 5) is 12.0. The number of amides is 1. The van der Waals surface area contributed by atoms with Gasteiger partial charge in [-0.1, -0.05) is 11.6 Å². The highest BCUT2D eigenvalue weighted by atomic mass is 35.5. The number of ether oxygens (including phenoxy) is 1. The van der Waals surface area contributed by atoms with E-state index in [0.717, 1.165) is 12.8 Å². The third-order valence-corrected chi connectivity index (χ3v) is 5.47. The minimum atomic E-state index is -3.43. The first-order valence-electron chi connectivity index (χ1n) is 7.26. The van der Waals surface area contributed by atoms with Crippen molar-refractivity contribution < 1.29 is 17.9 Å². The minimum Gasteiger partial charge on any atom is -0.368 e. The van der Waals surface area contributed by atoms with Gasteiger partial charge in [0.05, 0.1) is 17.3 Å². The zero-order valence-corrected chi connectivity index (χ0v) is 14.0. The van der Waals surface area contributed by atoms with Gasteiger partial charge < -0.3 is 10.1 Å². The SMILES string of the molecule is C[C@@H](OCC1CC1)C(=O)NCCS(=O)(=O)c1ccc(Cl)cc1. The minimum absolute atomic E-state index is 0.0565. The van der Waals surface area contributed by atoms with E-state index in [1.165, 1.54) is 24.3 Å². The molecule has 7 heteroatoms. The summed E-state index contributed by atoms with van der Waals surface area (Å²) < 4.78 is 29.6. The molecule has 1 aliphatic carbocycles. The summed E-state index contributed by atoms with van der Waals surface area (Å²) in [5.41, 5.74) is 0. The molecular formula is C15H20ClNO4S. The van der Waals surface area contributed by atoms with E-state index < -0.39 is 15.9 Å². The van der Waals surface area contributed by atoms with Crippen molar-refractivity contribution in [3.05, 3.63) is 29.3 Å². The topological polar surface area (TPSA) is 72.5 Å². The van der Waals surface area contributed by atoms with Crippen LogP contribution in [0.5, 0.6) is 0 Å². The van der Waals surface area contributed by atoms with E-state index in [1.807, 2.05) is 0 Å². The van der Waals surface area contributed by atoms with E-state index in [-0.39, 0.29) is 23.1 Å². The van der Waals surface area contributed by atoms with Crippen LogP contribution in [-0.2, 0) is 19.4 Å². The second-order valence-corrected chi connectivity index (χ2v) is 8.03. The van der Waals surface area contributed by atoms with E-state index in [4.69, 9.17) is 16.3 Å². The van der Waals surface area contributed by atoms with Crippen molar-refractivity contribution in [1.82, 2.24) is 5.32 Å². The van der Waals surface area contributed by atoms with Crippen LogP contribution in [0.2, 0.25) is 5.02 Å². The number of carbonyl (C=O) groups excluding carboxylic acids is 1. The summed E-state index contributed by atoms with van der Waals surface area (Å²) in [5, 5.41) is 3.08. The van der Waals surface area contributed by atoms with Gasteiger partial charge in [0.15, 0.2) is 9.84 Å². The van der Waals surface area contributed by atoms with Gasteiger partial charge in [-0.15, -0.1) is 0 Å². The second kappa shape index (κ2) is 7.44. The summed E-state index contributed by atoms with van der Waals surface area (Å²) in [5.74, 6) is 0.142. The predicted molar refractivity (Wildman–Crippen MR) is 84.7 cm³/mol. The lowest BCUT2D eigenvalue weighted by atomic mass is 10.3. The second-order valence-electron chi connectivity index (χ2n) is 5.48. The van der Waals surface area contributed by atoms with Crippen LogP contribution in [0.15, 0.2) is 29.2 Å². The Labute approximate surface area is 135 Å². The molecule has 0 unspecified atom stereocenters. The Hall–Kier alpha value is -1.11. The molecule has 1 aromatic rings. The standard InChI is InChI=1S/C15H20ClNO4S/c1-11(21-10-12-2-3-12)15(18)17-8-9-22(19,20)14-6-4-13(16)5-7-14/h4-7,11-12H,2-3,8-10H2,1H3,(H,17,18)/t11-/m1/s1. The van der Waals surface area contributed by atoms with Gasteiger partial charge >= 0.3 is 0 Å². The maximum absolute atomic E-state index is 12.1. The van der Waals surface area contributed by atoms with E-state index in [2.05, 4.69) is 5.32 Å². The first kappa shape index (κ1) is 17.2. The molecule has 0 radical (unpaired) electrons. The number of nitrogens with one attached hydrogen (secondary N) is 1. The monoisotopic (exact) mass is 345 g/mol. The quantitative estimate of drug-likeness (QED) is 0.782. The number of carbonyl (C=O) groups is 1. The molecule has 1 fully saturated rings. The highest BCUT2D eigenvalue weighted by Crippen LogP contribution is 2.29. The van der Waals surface area contributed by atoms with Gasteiger partial charge in [-0.3, -0.25) is 4.79 Å². The lowest BCUT2D eigenvalue weighted by Crippen LogP contribution is -2.37. The molecule has 1 saturated carbocycles. The van der Waals surface area contributed by atoms with Gasteiger partial charge in [0.2, 0.25) is 5.91 Å². The fourth-order valence-corrected chi connectivity index (χ4v) is 3.14. The maximum atomic E-state index is 12.1. The van der Waals surface area contributed by atoms with E-state index in [0.29, 0.717) is 17.5 Å². The van der Waals surface area contributed by atoms with E-state index >= 15 is 0 Å². The van der Waals surface area contributed by atoms with Crippen LogP contribution in [0.25, 0.3) is 0 Å². The molecule has 1 N–H and O–H groups in total. The predicted octanol–water partition coefficient (Wildman–Crippen LogP) is 2.04. The largest absolute Gasteiger partial charge is 0.368 e. The van der Waals surface area contributed by atoms with Gasteiger partial charge in [-0.25, -0.2) is 8.42 Å². The van der Waals surface area contributed by atoms with Crippen molar-refractivity contribution in [3.63, 3.8) is 0 Å². The average molecular weight is 346 g/mol. The summed E-state index contributed by atoms with van der Waals surface area (Å²) in [6, 6.07) is 5.98. The molecule has 0 spiro atoms. The Morgan fingerprint density at radius 1 is 1.36 bits per heavy atom. The van der Waals surface area contributed by atoms with Gasteiger partial charge in [-0.2, -0.15) is 0 Å². The highest BCUT2D eigenvalue weighted by molar-refractivity contribution is 7.91. The Kier molecular flexibility index (Phi) is 5.83. The van der Waals surface area contributed by atoms with Gasteiger partial charge in [0.25, 0.3) is 0 Å². The van der Waals surface area contributed by atoms with Crippen LogP contribution in [-0.4, -0.2) is 39.3 Å². The Bertz CT molecular complexity index is 611. The smallest absolute Gasteiger partial charge is 0.248 e. The molecule has 0 aromatic heterocycles. The van der Waals surface area contributed by atoms with Crippen LogP contribution < -0.4 is 5.32 Å². The van der Waals surface area contributed by atoms with Crippen molar-refractivity contribution in [2.75, 3.05) is 18.9 Å². The van der Waals surface area contributed by atoms with E-state index in [1.54, 1.807) is 6.92 Å². The fraction of sp³-hybridized carbons (Fsp3) is 0.533. The highest BCUT2D eigenvalue weighted by Gasteiger charge is 2.24. The Balaban J connectivity index is 1.76. The number of hydrogen-bond acceptors (Lipinski definition) is 4. The molecule has 0 aliphatic heterocycles. The molecule has 0 saturated heterocycles. The van der Waals surface area contributed by atoms with Crippen molar-refractivity contribution in [1.29, 1.82) is 0 Å². The number of rotatable bonds is 8. The van der Waals surface area contributed by atoms with Gasteiger partial charge in [-0.05, 0) is 49.9 Å². The van der Waals surface area contributed by atoms with Crippen molar-refractivity contribution in [2.24, 2.45) is 5.92 Å². The van der Waals surface area contributed by atoms with Gasteiger partial charge in [0.1, 0.15) is 6.10 Å². The number of halogens is 1. The molecule has 0 bridgehead atoms. The zero-order valence-electron chi connectivity index (χ0n) is 12.4. The summed E-state index contributed by atoms with van der Waals surface area (Å²) >= 11 is 5.73. The molecule has 1 aromatic carbocycles. The maximum Gasteiger partial charge on any atom is 0.248 e. The number of hydrogen-bond donors (Lipinski definition) is 1. The van der Waals surface area contributed by atoms with E-state index in [9.17, 15) is 13.2 Å². The molecule has 1 amide bonds. The van der Waals surface area contributed by atoms with Crippen molar-refractivity contribution in [3.8, 4) is 0 Å². The van der Waals surface area contributed by atoms with Crippen LogP contribution >= 0.6 is 11.6 Å². The summed E-state index contributed by atoms with van der Waals surface area (Å²) in [7, 11) is -3.43. The first-order valence-corrected chi connectivity index (χ1v) is 9.29. The first-order chi connectivity index (χ1) is 10.4. The lowest BCUT2D eigenvalue weighted by molar-refractivity contribution is -0.131. The normalized spacial score (nSPS) is 16.3. The molecule has 1 aliphatic rings. The molecule has 5 nitrogen and oxygen atoms in total. The van der Waals surface area contributed by atoms with Crippen LogP contribution in [0.3, 0.4) is 0 Å². The molecule has 0 heterocycles. The number of benzene rings is 1. The molecule has 22 heavy (non-hydrogen) atoms. The molecule has 122 valence electrons. The van der Waals surface area contributed by atoms with Crippen LogP contribution in [0, 0.1) is 5.92 Å². The van der Waals surface area contributed by atoms with Gasteiger partial charge in [0, 0.05) is 11.6 Å². The molecule has 2 rings (SSSR count). The summed E-state index contributed by atoms with van der Waals surface area (Å²) in [6.07, 6.45) is 1.76. The van der Waals surface area contributed by atoms with Crippen LogP contribution in [0.4, 0.5) is 0 Å². The third kappa shape index (κ3) is 5.26.